The lowest BCUT2D eigenvalue weighted by Gasteiger charge is -2.17. The highest BCUT2D eigenvalue weighted by atomic mass is 19.1. The molecule has 0 unspecified atom stereocenters. The first-order chi connectivity index (χ1) is 16.5. The molecule has 0 aliphatic heterocycles. The quantitative estimate of drug-likeness (QED) is 0.297. The fraction of sp³-hybridized carbons (Fsp3) is 0.323. The number of nitrogens with zero attached hydrogens (tertiary/aromatic N) is 1. The molecule has 0 fully saturated rings. The molecule has 0 amide bonds. The van der Waals surface area contributed by atoms with Gasteiger partial charge in [0.1, 0.15) is 0 Å². The summed E-state index contributed by atoms with van der Waals surface area (Å²) in [7, 11) is 0. The van der Waals surface area contributed by atoms with Crippen molar-refractivity contribution in [1.82, 2.24) is 4.98 Å². The molecule has 0 radical (unpaired) electrons. The smallest absolute Gasteiger partial charge is 0.153 e. The maximum Gasteiger partial charge on any atom is 0.153 e. The Morgan fingerprint density at radius 3 is 2.71 bits per heavy atom. The number of allylic oxidation sites excluding steroid dienone is 8. The van der Waals surface area contributed by atoms with Gasteiger partial charge >= 0.3 is 0 Å². The van der Waals surface area contributed by atoms with E-state index in [4.69, 9.17) is 5.73 Å². The number of fused-ring (bicyclic) bond motifs is 3. The molecule has 34 heavy (non-hydrogen) atoms. The lowest BCUT2D eigenvalue weighted by atomic mass is 9.88. The van der Waals surface area contributed by atoms with Crippen LogP contribution in [-0.2, 0) is 25.8 Å². The first-order valence-corrected chi connectivity index (χ1v) is 12.4. The minimum Gasteiger partial charge on any atom is -0.325 e. The van der Waals surface area contributed by atoms with Crippen LogP contribution in [0.15, 0.2) is 73.0 Å². The second-order valence-corrected chi connectivity index (χ2v) is 9.46. The van der Waals surface area contributed by atoms with Crippen molar-refractivity contribution in [3.63, 3.8) is 0 Å². The minimum absolute atomic E-state index is 0.108. The van der Waals surface area contributed by atoms with Crippen LogP contribution >= 0.6 is 0 Å². The van der Waals surface area contributed by atoms with Gasteiger partial charge in [0.05, 0.1) is 5.69 Å². The zero-order valence-corrected chi connectivity index (χ0v) is 20.3. The van der Waals surface area contributed by atoms with Gasteiger partial charge in [-0.15, -0.1) is 6.58 Å². The molecule has 4 rings (SSSR count). The Balaban J connectivity index is 1.51. The fourth-order valence-corrected chi connectivity index (χ4v) is 5.10. The molecule has 0 saturated carbocycles. The lowest BCUT2D eigenvalue weighted by molar-refractivity contribution is 0.603. The van der Waals surface area contributed by atoms with Crippen LogP contribution in [0.2, 0.25) is 0 Å². The molecule has 2 N–H and O–H groups in total. The number of nitrogens with two attached hydrogens (primary N) is 1. The van der Waals surface area contributed by atoms with Gasteiger partial charge in [0.25, 0.3) is 0 Å². The zero-order chi connectivity index (χ0) is 24.1. The number of halogens is 1. The Morgan fingerprint density at radius 2 is 1.91 bits per heavy atom. The van der Waals surface area contributed by atoms with Crippen LogP contribution in [0, 0.1) is 5.82 Å². The highest BCUT2D eigenvalue weighted by molar-refractivity contribution is 5.82. The van der Waals surface area contributed by atoms with Crippen LogP contribution in [0.25, 0.3) is 16.7 Å². The molecular weight excluding hydrogens is 419 g/mol. The number of hydrogen-bond donors (Lipinski definition) is 1. The van der Waals surface area contributed by atoms with E-state index < -0.39 is 0 Å². The predicted octanol–water partition coefficient (Wildman–Crippen LogP) is 7.58. The molecule has 176 valence electrons. The molecule has 1 aromatic heterocycles. The van der Waals surface area contributed by atoms with Crippen LogP contribution < -0.4 is 5.73 Å². The standard InChI is InChI=1S/C31H35FN2/c1-21(2)9-6-4-5-7-10-22(3)13-14-23-15-16-26-24-11-8-12-25(24)29(19-28(23)26)27-17-18-34-30(20-33)31(27)32/h4-5,7,10,15,17-19H,1,3,6,8-9,11-14,16,20,33H2,2H3/b5-4-,10-7-. The van der Waals surface area contributed by atoms with Crippen molar-refractivity contribution in [3.8, 4) is 11.1 Å². The van der Waals surface area contributed by atoms with E-state index >= 15 is 4.39 Å². The molecule has 1 aromatic carbocycles. The fourth-order valence-electron chi connectivity index (χ4n) is 5.10. The van der Waals surface area contributed by atoms with E-state index in [0.717, 1.165) is 62.5 Å². The molecule has 2 aromatic rings. The summed E-state index contributed by atoms with van der Waals surface area (Å²) >= 11 is 0. The van der Waals surface area contributed by atoms with E-state index in [1.807, 2.05) is 0 Å². The Hall–Kier alpha value is -3.04. The van der Waals surface area contributed by atoms with Crippen molar-refractivity contribution in [1.29, 1.82) is 0 Å². The Morgan fingerprint density at radius 1 is 1.09 bits per heavy atom. The van der Waals surface area contributed by atoms with Crippen LogP contribution in [0.5, 0.6) is 0 Å². The second kappa shape index (κ2) is 10.9. The number of hydrogen-bond acceptors (Lipinski definition) is 2. The summed E-state index contributed by atoms with van der Waals surface area (Å²) in [6.07, 6.45) is 20.6. The summed E-state index contributed by atoms with van der Waals surface area (Å²) in [6.45, 7) is 10.3. The molecule has 2 aliphatic carbocycles. The number of benzene rings is 1. The normalized spacial score (nSPS) is 14.6. The van der Waals surface area contributed by atoms with Crippen LogP contribution in [0.1, 0.15) is 67.0 Å². The molecule has 3 heteroatoms. The molecule has 0 bridgehead atoms. The van der Waals surface area contributed by atoms with Gasteiger partial charge in [-0.3, -0.25) is 4.98 Å². The van der Waals surface area contributed by atoms with E-state index in [2.05, 4.69) is 61.5 Å². The van der Waals surface area contributed by atoms with Gasteiger partial charge in [-0.2, -0.15) is 0 Å². The maximum atomic E-state index is 15.2. The molecule has 1 heterocycles. The summed E-state index contributed by atoms with van der Waals surface area (Å²) in [5.74, 6) is -0.280. The van der Waals surface area contributed by atoms with Gasteiger partial charge < -0.3 is 5.73 Å². The van der Waals surface area contributed by atoms with Crippen molar-refractivity contribution in [2.75, 3.05) is 0 Å². The average molecular weight is 455 g/mol. The van der Waals surface area contributed by atoms with Gasteiger partial charge in [0, 0.05) is 18.3 Å². The predicted molar refractivity (Wildman–Crippen MR) is 142 cm³/mol. The van der Waals surface area contributed by atoms with Crippen molar-refractivity contribution >= 4 is 5.57 Å². The summed E-state index contributed by atoms with van der Waals surface area (Å²) in [6, 6.07) is 4.02. The molecule has 0 spiro atoms. The third-order valence-corrected chi connectivity index (χ3v) is 6.90. The van der Waals surface area contributed by atoms with E-state index in [-0.39, 0.29) is 12.4 Å². The number of rotatable bonds is 10. The maximum absolute atomic E-state index is 15.2. The van der Waals surface area contributed by atoms with Gasteiger partial charge in [-0.25, -0.2) is 4.39 Å². The third-order valence-electron chi connectivity index (χ3n) is 6.90. The van der Waals surface area contributed by atoms with Crippen molar-refractivity contribution in [2.45, 2.75) is 64.8 Å². The summed E-state index contributed by atoms with van der Waals surface area (Å²) < 4.78 is 15.2. The lowest BCUT2D eigenvalue weighted by Crippen LogP contribution is -2.05. The Labute approximate surface area is 203 Å². The van der Waals surface area contributed by atoms with Crippen molar-refractivity contribution < 1.29 is 4.39 Å². The van der Waals surface area contributed by atoms with Crippen LogP contribution in [-0.4, -0.2) is 4.98 Å². The Kier molecular flexibility index (Phi) is 7.74. The minimum atomic E-state index is -0.280. The zero-order valence-electron chi connectivity index (χ0n) is 20.3. The monoisotopic (exact) mass is 454 g/mol. The van der Waals surface area contributed by atoms with Gasteiger partial charge in [-0.1, -0.05) is 48.1 Å². The summed E-state index contributed by atoms with van der Waals surface area (Å²) in [5.41, 5.74) is 16.9. The van der Waals surface area contributed by atoms with E-state index in [1.165, 1.54) is 33.4 Å². The molecular formula is C31H35FN2. The van der Waals surface area contributed by atoms with Gasteiger partial charge in [0.15, 0.2) is 5.82 Å². The molecule has 2 nitrogen and oxygen atoms in total. The van der Waals surface area contributed by atoms with Crippen LogP contribution in [0.4, 0.5) is 4.39 Å². The van der Waals surface area contributed by atoms with E-state index in [1.54, 1.807) is 12.3 Å². The average Bonchev–Trinajstić information content (AvgIpc) is 3.46. The summed E-state index contributed by atoms with van der Waals surface area (Å²) in [5, 5.41) is 0. The van der Waals surface area contributed by atoms with Gasteiger partial charge in [-0.05, 0) is 104 Å². The first kappa shape index (κ1) is 24.1. The van der Waals surface area contributed by atoms with E-state index in [0.29, 0.717) is 11.3 Å². The number of pyridine rings is 1. The van der Waals surface area contributed by atoms with E-state index in [9.17, 15) is 0 Å². The number of aromatic nitrogens is 1. The van der Waals surface area contributed by atoms with Crippen molar-refractivity contribution in [2.24, 2.45) is 5.73 Å². The summed E-state index contributed by atoms with van der Waals surface area (Å²) in [4.78, 5) is 4.13. The van der Waals surface area contributed by atoms with Gasteiger partial charge in [0.2, 0.25) is 0 Å². The highest BCUT2D eigenvalue weighted by Gasteiger charge is 2.27. The molecule has 2 aliphatic rings. The topological polar surface area (TPSA) is 38.9 Å². The highest BCUT2D eigenvalue weighted by Crippen LogP contribution is 2.43. The largest absolute Gasteiger partial charge is 0.325 e. The Bertz CT molecular complexity index is 1200. The third kappa shape index (κ3) is 5.20. The SMILES string of the molecule is C=C(C)CC/C=C\C=C/C(=C)CCC1=CCc2c1cc(-c1ccnc(CN)c1F)c1c2CCC1. The molecule has 0 saturated heterocycles. The molecule has 0 atom stereocenters. The first-order valence-electron chi connectivity index (χ1n) is 12.4. The second-order valence-electron chi connectivity index (χ2n) is 9.46. The van der Waals surface area contributed by atoms with Crippen LogP contribution in [0.3, 0.4) is 0 Å². The van der Waals surface area contributed by atoms with Crippen molar-refractivity contribution in [3.05, 3.63) is 107 Å².